The van der Waals surface area contributed by atoms with E-state index in [-0.39, 0.29) is 24.0 Å². The second-order valence-electron chi connectivity index (χ2n) is 5.30. The zero-order valence-electron chi connectivity index (χ0n) is 13.4. The van der Waals surface area contributed by atoms with Crippen molar-refractivity contribution >= 4 is 41.3 Å². The number of fused-ring (bicyclic) bond motifs is 1. The monoisotopic (exact) mass is 447 g/mol. The quantitative estimate of drug-likeness (QED) is 0.425. The number of nitrogens with one attached hydrogen (secondary N) is 2. The molecule has 1 aliphatic heterocycles. The summed E-state index contributed by atoms with van der Waals surface area (Å²) in [5.41, 5.74) is 1.06. The molecule has 23 heavy (non-hydrogen) atoms. The highest BCUT2D eigenvalue weighted by Crippen LogP contribution is 2.14. The van der Waals surface area contributed by atoms with Gasteiger partial charge in [-0.3, -0.25) is 4.99 Å². The molecule has 0 bridgehead atoms. The van der Waals surface area contributed by atoms with E-state index in [0.717, 1.165) is 41.3 Å². The maximum Gasteiger partial charge on any atom is 0.191 e. The molecule has 2 N–H and O–H groups in total. The Kier molecular flexibility index (Phi) is 6.75. The normalized spacial score (nSPS) is 14.1. The summed E-state index contributed by atoms with van der Waals surface area (Å²) in [5, 5.41) is 18.2. The van der Waals surface area contributed by atoms with Gasteiger partial charge in [0.2, 0.25) is 0 Å². The molecule has 0 fully saturated rings. The van der Waals surface area contributed by atoms with Gasteiger partial charge in [0.15, 0.2) is 11.8 Å². The molecule has 3 heterocycles. The molecule has 1 aliphatic rings. The topological polar surface area (TPSA) is 80.0 Å². The van der Waals surface area contributed by atoms with Crippen LogP contribution in [0.15, 0.2) is 10.4 Å². The number of hydrogen-bond donors (Lipinski definition) is 2. The van der Waals surface area contributed by atoms with Crippen molar-refractivity contribution in [2.45, 2.75) is 45.8 Å². The first kappa shape index (κ1) is 18.1. The molecule has 2 aromatic heterocycles. The molecule has 3 rings (SSSR count). The van der Waals surface area contributed by atoms with Crippen LogP contribution < -0.4 is 10.6 Å². The molecule has 0 radical (unpaired) electrons. The Labute approximate surface area is 157 Å². The van der Waals surface area contributed by atoms with Gasteiger partial charge >= 0.3 is 0 Å². The fourth-order valence-corrected chi connectivity index (χ4v) is 3.24. The maximum atomic E-state index is 4.43. The highest BCUT2D eigenvalue weighted by atomic mass is 127. The van der Waals surface area contributed by atoms with Gasteiger partial charge < -0.3 is 15.2 Å². The number of rotatable bonds is 4. The molecule has 0 saturated heterocycles. The van der Waals surface area contributed by atoms with Crippen LogP contribution in [0.5, 0.6) is 0 Å². The van der Waals surface area contributed by atoms with E-state index in [4.69, 9.17) is 0 Å². The summed E-state index contributed by atoms with van der Waals surface area (Å²) in [6.07, 6.45) is 3.44. The number of guanidine groups is 1. The van der Waals surface area contributed by atoms with Crippen molar-refractivity contribution in [2.24, 2.45) is 4.99 Å². The minimum Gasteiger partial charge on any atom is -0.350 e. The van der Waals surface area contributed by atoms with Gasteiger partial charge in [-0.2, -0.15) is 0 Å². The standard InChI is InChI=1S/C14H21N7S.HI/c1-10-9-22-13(18-10)8-17-14(15-2)16-7-12-20-19-11-5-3-4-6-21(11)12;/h9H,3-8H2,1-2H3,(H2,15,16,17);1H. The van der Waals surface area contributed by atoms with E-state index >= 15 is 0 Å². The number of aromatic nitrogens is 4. The van der Waals surface area contributed by atoms with Crippen LogP contribution in [-0.2, 0) is 26.1 Å². The highest BCUT2D eigenvalue weighted by molar-refractivity contribution is 14.0. The number of nitrogens with zero attached hydrogens (tertiary/aromatic N) is 5. The van der Waals surface area contributed by atoms with E-state index < -0.39 is 0 Å². The molecule has 7 nitrogen and oxygen atoms in total. The fraction of sp³-hybridized carbons (Fsp3) is 0.571. The molecule has 0 aliphatic carbocycles. The Bertz CT molecular complexity index is 664. The lowest BCUT2D eigenvalue weighted by molar-refractivity contribution is 0.504. The summed E-state index contributed by atoms with van der Waals surface area (Å²) in [5.74, 6) is 2.83. The predicted octanol–water partition coefficient (Wildman–Crippen LogP) is 1.86. The SMILES string of the molecule is CN=C(NCc1nc(C)cs1)NCc1nnc2n1CCCC2.I. The second kappa shape index (κ2) is 8.57. The van der Waals surface area contributed by atoms with Gasteiger partial charge in [-0.1, -0.05) is 0 Å². The van der Waals surface area contributed by atoms with Crippen LogP contribution in [0, 0.1) is 6.92 Å². The van der Waals surface area contributed by atoms with Crippen LogP contribution in [0.3, 0.4) is 0 Å². The smallest absolute Gasteiger partial charge is 0.191 e. The molecule has 9 heteroatoms. The van der Waals surface area contributed by atoms with Crippen molar-refractivity contribution in [3.8, 4) is 0 Å². The molecule has 0 saturated carbocycles. The Morgan fingerprint density at radius 1 is 1.30 bits per heavy atom. The van der Waals surface area contributed by atoms with E-state index in [1.807, 2.05) is 6.92 Å². The Hall–Kier alpha value is -1.23. The third-order valence-corrected chi connectivity index (χ3v) is 4.61. The summed E-state index contributed by atoms with van der Waals surface area (Å²) in [7, 11) is 1.77. The van der Waals surface area contributed by atoms with Gasteiger partial charge in [0.25, 0.3) is 0 Å². The van der Waals surface area contributed by atoms with Crippen LogP contribution in [-0.4, -0.2) is 32.8 Å². The number of hydrogen-bond acceptors (Lipinski definition) is 5. The van der Waals surface area contributed by atoms with Crippen LogP contribution in [0.25, 0.3) is 0 Å². The number of aliphatic imine (C=N–C) groups is 1. The van der Waals surface area contributed by atoms with E-state index in [1.165, 1.54) is 12.8 Å². The van der Waals surface area contributed by atoms with Crippen molar-refractivity contribution in [1.29, 1.82) is 0 Å². The largest absolute Gasteiger partial charge is 0.350 e. The van der Waals surface area contributed by atoms with Crippen LogP contribution >= 0.6 is 35.3 Å². The molecule has 0 unspecified atom stereocenters. The average molecular weight is 447 g/mol. The van der Waals surface area contributed by atoms with E-state index in [0.29, 0.717) is 13.1 Å². The second-order valence-corrected chi connectivity index (χ2v) is 6.25. The molecule has 126 valence electrons. The van der Waals surface area contributed by atoms with Crippen molar-refractivity contribution in [3.05, 3.63) is 27.7 Å². The van der Waals surface area contributed by atoms with Gasteiger partial charge in [0.1, 0.15) is 10.8 Å². The summed E-state index contributed by atoms with van der Waals surface area (Å²) in [4.78, 5) is 8.67. The summed E-state index contributed by atoms with van der Waals surface area (Å²) < 4.78 is 2.22. The first-order valence-electron chi connectivity index (χ1n) is 7.52. The molecular weight excluding hydrogens is 425 g/mol. The lowest BCUT2D eigenvalue weighted by Crippen LogP contribution is -2.37. The van der Waals surface area contributed by atoms with Crippen LogP contribution in [0.1, 0.15) is 35.2 Å². The maximum absolute atomic E-state index is 4.43. The summed E-state index contributed by atoms with van der Waals surface area (Å²) in [6.45, 7) is 4.32. The average Bonchev–Trinajstić information content (AvgIpc) is 3.14. The van der Waals surface area contributed by atoms with Crippen LogP contribution in [0.4, 0.5) is 0 Å². The lowest BCUT2D eigenvalue weighted by Gasteiger charge is -2.15. The van der Waals surface area contributed by atoms with E-state index in [2.05, 4.69) is 40.8 Å². The minimum absolute atomic E-state index is 0. The van der Waals surface area contributed by atoms with Crippen molar-refractivity contribution < 1.29 is 0 Å². The zero-order valence-corrected chi connectivity index (χ0v) is 16.5. The van der Waals surface area contributed by atoms with Gasteiger partial charge in [-0.05, 0) is 19.8 Å². The van der Waals surface area contributed by atoms with Gasteiger partial charge in [-0.15, -0.1) is 45.5 Å². The van der Waals surface area contributed by atoms with Gasteiger partial charge in [-0.25, -0.2) is 4.98 Å². The van der Waals surface area contributed by atoms with Crippen molar-refractivity contribution in [1.82, 2.24) is 30.4 Å². The summed E-state index contributed by atoms with van der Waals surface area (Å²) in [6, 6.07) is 0. The van der Waals surface area contributed by atoms with Gasteiger partial charge in [0.05, 0.1) is 13.1 Å². The first-order chi connectivity index (χ1) is 10.8. The Morgan fingerprint density at radius 2 is 2.13 bits per heavy atom. The third kappa shape index (κ3) is 4.63. The molecule has 0 amide bonds. The third-order valence-electron chi connectivity index (χ3n) is 3.65. The first-order valence-corrected chi connectivity index (χ1v) is 8.40. The van der Waals surface area contributed by atoms with Crippen molar-refractivity contribution in [3.63, 3.8) is 0 Å². The minimum atomic E-state index is 0. The number of thiazole rings is 1. The summed E-state index contributed by atoms with van der Waals surface area (Å²) >= 11 is 1.65. The molecule has 0 spiro atoms. The highest BCUT2D eigenvalue weighted by Gasteiger charge is 2.15. The van der Waals surface area contributed by atoms with E-state index in [9.17, 15) is 0 Å². The zero-order chi connectivity index (χ0) is 15.4. The fourth-order valence-electron chi connectivity index (χ4n) is 2.53. The Balaban J connectivity index is 0.00000192. The number of aryl methyl sites for hydroxylation is 2. The molecule has 0 aromatic carbocycles. The van der Waals surface area contributed by atoms with Gasteiger partial charge in [0, 0.05) is 31.1 Å². The Morgan fingerprint density at radius 3 is 2.87 bits per heavy atom. The lowest BCUT2D eigenvalue weighted by atomic mass is 10.2. The number of halogens is 1. The van der Waals surface area contributed by atoms with Crippen molar-refractivity contribution in [2.75, 3.05) is 7.05 Å². The molecular formula is C14H22IN7S. The molecule has 0 atom stereocenters. The van der Waals surface area contributed by atoms with E-state index in [1.54, 1.807) is 18.4 Å². The molecule has 2 aromatic rings. The van der Waals surface area contributed by atoms with Crippen LogP contribution in [0.2, 0.25) is 0 Å². The predicted molar refractivity (Wildman–Crippen MR) is 102 cm³/mol.